The maximum Gasteiger partial charge on any atom is 0.241 e. The third-order valence-electron chi connectivity index (χ3n) is 3.50. The number of hydrogen-bond acceptors (Lipinski definition) is 5. The van der Waals surface area contributed by atoms with Crippen molar-refractivity contribution < 1.29 is 14.3 Å². The number of rotatable bonds is 5. The minimum absolute atomic E-state index is 0.0812. The molecule has 0 fully saturated rings. The Morgan fingerprint density at radius 3 is 2.82 bits per heavy atom. The van der Waals surface area contributed by atoms with Crippen molar-refractivity contribution in [2.45, 2.75) is 25.9 Å². The van der Waals surface area contributed by atoms with Crippen molar-refractivity contribution in [2.75, 3.05) is 12.1 Å². The number of carbonyl (C=O) groups is 1. The van der Waals surface area contributed by atoms with Crippen LogP contribution < -0.4 is 20.1 Å². The maximum atomic E-state index is 12.3. The first-order valence-corrected chi connectivity index (χ1v) is 8.01. The van der Waals surface area contributed by atoms with Crippen molar-refractivity contribution in [1.29, 1.82) is 0 Å². The molecule has 0 bridgehead atoms. The summed E-state index contributed by atoms with van der Waals surface area (Å²) in [5.74, 6) is 1.28. The van der Waals surface area contributed by atoms with Crippen LogP contribution in [0.3, 0.4) is 0 Å². The standard InChI is InChI=1S/C16H18N2O3S/c1-10(15-4-3-7-22-15)17-11(2)16(19)18-12-5-6-13-14(8-12)21-9-20-13/h3-8,10-11,17H,9H2,1-2H3,(H,18,19)/t10-,11+/m0/s1. The average molecular weight is 318 g/mol. The fraction of sp³-hybridized carbons (Fsp3) is 0.312. The van der Waals surface area contributed by atoms with Crippen molar-refractivity contribution in [3.63, 3.8) is 0 Å². The summed E-state index contributed by atoms with van der Waals surface area (Å²) in [5, 5.41) is 8.22. The molecule has 6 heteroatoms. The second-order valence-corrected chi connectivity index (χ2v) is 6.16. The van der Waals surface area contributed by atoms with Crippen LogP contribution in [0.15, 0.2) is 35.7 Å². The van der Waals surface area contributed by atoms with Crippen LogP contribution in [-0.4, -0.2) is 18.7 Å². The fourth-order valence-electron chi connectivity index (χ4n) is 2.30. The summed E-state index contributed by atoms with van der Waals surface area (Å²) in [6.45, 7) is 4.13. The Morgan fingerprint density at radius 1 is 1.23 bits per heavy atom. The van der Waals surface area contributed by atoms with E-state index in [2.05, 4.69) is 23.6 Å². The first-order valence-electron chi connectivity index (χ1n) is 7.13. The van der Waals surface area contributed by atoms with Gasteiger partial charge in [-0.15, -0.1) is 11.3 Å². The fourth-order valence-corrected chi connectivity index (χ4v) is 3.04. The SMILES string of the molecule is C[C@H](N[C@H](C)C(=O)Nc1ccc2c(c1)OCO2)c1cccs1. The minimum atomic E-state index is -0.303. The molecule has 0 saturated heterocycles. The van der Waals surface area contributed by atoms with Gasteiger partial charge in [-0.3, -0.25) is 10.1 Å². The summed E-state index contributed by atoms with van der Waals surface area (Å²) in [4.78, 5) is 13.5. The van der Waals surface area contributed by atoms with E-state index < -0.39 is 0 Å². The van der Waals surface area contributed by atoms with Gasteiger partial charge in [0.15, 0.2) is 11.5 Å². The van der Waals surface area contributed by atoms with Crippen molar-refractivity contribution in [2.24, 2.45) is 0 Å². The normalized spacial score (nSPS) is 15.4. The highest BCUT2D eigenvalue weighted by atomic mass is 32.1. The quantitative estimate of drug-likeness (QED) is 0.889. The lowest BCUT2D eigenvalue weighted by Crippen LogP contribution is -2.39. The highest BCUT2D eigenvalue weighted by molar-refractivity contribution is 7.10. The lowest BCUT2D eigenvalue weighted by atomic mass is 10.2. The lowest BCUT2D eigenvalue weighted by molar-refractivity contribution is -0.117. The molecule has 1 aromatic heterocycles. The number of ether oxygens (including phenoxy) is 2. The first kappa shape index (κ1) is 14.9. The topological polar surface area (TPSA) is 59.6 Å². The zero-order chi connectivity index (χ0) is 15.5. The van der Waals surface area contributed by atoms with Gasteiger partial charge in [0.25, 0.3) is 0 Å². The van der Waals surface area contributed by atoms with Crippen LogP contribution in [0.1, 0.15) is 24.8 Å². The molecule has 0 unspecified atom stereocenters. The summed E-state index contributed by atoms with van der Waals surface area (Å²) in [7, 11) is 0. The molecule has 2 aromatic rings. The van der Waals surface area contributed by atoms with E-state index >= 15 is 0 Å². The third-order valence-corrected chi connectivity index (χ3v) is 4.56. The molecule has 22 heavy (non-hydrogen) atoms. The van der Waals surface area contributed by atoms with Gasteiger partial charge in [-0.05, 0) is 37.4 Å². The Morgan fingerprint density at radius 2 is 2.05 bits per heavy atom. The Kier molecular flexibility index (Phi) is 4.31. The lowest BCUT2D eigenvalue weighted by Gasteiger charge is -2.18. The molecule has 5 nitrogen and oxygen atoms in total. The minimum Gasteiger partial charge on any atom is -0.454 e. The van der Waals surface area contributed by atoms with E-state index in [9.17, 15) is 4.79 Å². The monoisotopic (exact) mass is 318 g/mol. The number of thiophene rings is 1. The summed E-state index contributed by atoms with van der Waals surface area (Å²) in [6, 6.07) is 9.28. The van der Waals surface area contributed by atoms with Gasteiger partial charge in [-0.2, -0.15) is 0 Å². The van der Waals surface area contributed by atoms with E-state index in [1.54, 1.807) is 29.5 Å². The van der Waals surface area contributed by atoms with E-state index in [4.69, 9.17) is 9.47 Å². The third kappa shape index (κ3) is 3.23. The molecule has 1 aliphatic heterocycles. The molecule has 3 rings (SSSR count). The Labute approximate surface area is 133 Å². The second kappa shape index (κ2) is 6.37. The molecule has 1 aliphatic rings. The highest BCUT2D eigenvalue weighted by Crippen LogP contribution is 2.34. The molecule has 0 aliphatic carbocycles. The number of anilines is 1. The Balaban J connectivity index is 1.59. The predicted molar refractivity (Wildman–Crippen MR) is 86.5 cm³/mol. The summed E-state index contributed by atoms with van der Waals surface area (Å²) >= 11 is 1.68. The van der Waals surface area contributed by atoms with Crippen LogP contribution in [0.5, 0.6) is 11.5 Å². The van der Waals surface area contributed by atoms with E-state index in [-0.39, 0.29) is 24.8 Å². The Bertz CT molecular complexity index is 657. The molecule has 0 radical (unpaired) electrons. The first-order chi connectivity index (χ1) is 10.6. The van der Waals surface area contributed by atoms with Gasteiger partial charge in [0.05, 0.1) is 6.04 Å². The highest BCUT2D eigenvalue weighted by Gasteiger charge is 2.18. The van der Waals surface area contributed by atoms with Crippen LogP contribution in [0.2, 0.25) is 0 Å². The smallest absolute Gasteiger partial charge is 0.241 e. The van der Waals surface area contributed by atoms with Crippen LogP contribution in [0.4, 0.5) is 5.69 Å². The van der Waals surface area contributed by atoms with Gasteiger partial charge >= 0.3 is 0 Å². The van der Waals surface area contributed by atoms with Gasteiger partial charge in [-0.25, -0.2) is 0 Å². The predicted octanol–water partition coefficient (Wildman–Crippen LogP) is 3.15. The van der Waals surface area contributed by atoms with E-state index in [0.717, 1.165) is 0 Å². The van der Waals surface area contributed by atoms with Gasteiger partial charge < -0.3 is 14.8 Å². The second-order valence-electron chi connectivity index (χ2n) is 5.18. The van der Waals surface area contributed by atoms with Gasteiger partial charge in [0, 0.05) is 22.7 Å². The molecule has 116 valence electrons. The number of fused-ring (bicyclic) bond motifs is 1. The molecule has 2 N–H and O–H groups in total. The van der Waals surface area contributed by atoms with E-state index in [1.165, 1.54) is 4.88 Å². The Hall–Kier alpha value is -2.05. The number of nitrogens with one attached hydrogen (secondary N) is 2. The molecule has 1 aromatic carbocycles. The van der Waals surface area contributed by atoms with E-state index in [1.807, 2.05) is 18.4 Å². The molecule has 2 atom stereocenters. The van der Waals surface area contributed by atoms with Gasteiger partial charge in [0.2, 0.25) is 12.7 Å². The largest absolute Gasteiger partial charge is 0.454 e. The molecular weight excluding hydrogens is 300 g/mol. The molecule has 2 heterocycles. The van der Waals surface area contributed by atoms with Gasteiger partial charge in [-0.1, -0.05) is 6.07 Å². The van der Waals surface area contributed by atoms with Crippen molar-refractivity contribution >= 4 is 22.9 Å². The van der Waals surface area contributed by atoms with Crippen molar-refractivity contribution in [3.05, 3.63) is 40.6 Å². The van der Waals surface area contributed by atoms with Crippen LogP contribution in [-0.2, 0) is 4.79 Å². The van der Waals surface area contributed by atoms with Crippen LogP contribution >= 0.6 is 11.3 Å². The number of hydrogen-bond donors (Lipinski definition) is 2. The van der Waals surface area contributed by atoms with Crippen LogP contribution in [0, 0.1) is 0 Å². The summed E-state index contributed by atoms with van der Waals surface area (Å²) in [6.07, 6.45) is 0. The molecule has 1 amide bonds. The number of amides is 1. The molecule has 0 spiro atoms. The zero-order valence-corrected chi connectivity index (χ0v) is 13.3. The molecule has 0 saturated carbocycles. The van der Waals surface area contributed by atoms with Crippen molar-refractivity contribution in [1.82, 2.24) is 5.32 Å². The maximum absolute atomic E-state index is 12.3. The molecular formula is C16H18N2O3S. The summed E-state index contributed by atoms with van der Waals surface area (Å²) in [5.41, 5.74) is 0.701. The summed E-state index contributed by atoms with van der Waals surface area (Å²) < 4.78 is 10.6. The average Bonchev–Trinajstić information content (AvgIpc) is 3.18. The number of benzene rings is 1. The van der Waals surface area contributed by atoms with Crippen molar-refractivity contribution in [3.8, 4) is 11.5 Å². The van der Waals surface area contributed by atoms with Gasteiger partial charge in [0.1, 0.15) is 0 Å². The zero-order valence-electron chi connectivity index (χ0n) is 12.5. The van der Waals surface area contributed by atoms with E-state index in [0.29, 0.717) is 17.2 Å². The number of carbonyl (C=O) groups excluding carboxylic acids is 1. The van der Waals surface area contributed by atoms with Crippen LogP contribution in [0.25, 0.3) is 0 Å².